The lowest BCUT2D eigenvalue weighted by Crippen LogP contribution is -2.47. The van der Waals surface area contributed by atoms with Gasteiger partial charge in [0.05, 0.1) is 36.7 Å². The van der Waals surface area contributed by atoms with Crippen LogP contribution in [0.15, 0.2) is 18.5 Å². The molecule has 0 bridgehead atoms. The molecule has 1 fully saturated rings. The number of ether oxygens (including phenoxy) is 1. The predicted octanol–water partition coefficient (Wildman–Crippen LogP) is 0.615. The monoisotopic (exact) mass is 208 g/mol. The highest BCUT2D eigenvalue weighted by molar-refractivity contribution is 5.88. The summed E-state index contributed by atoms with van der Waals surface area (Å²) in [6.07, 6.45) is 3.00. The molecule has 0 spiro atoms. The maximum atomic E-state index is 10.7. The number of anilines is 1. The normalized spacial score (nSPS) is 15.8. The third kappa shape index (κ3) is 1.92. The van der Waals surface area contributed by atoms with Gasteiger partial charge in [-0.15, -0.1) is 0 Å². The van der Waals surface area contributed by atoms with Crippen molar-refractivity contribution >= 4 is 11.7 Å². The SMILES string of the molecule is CN(c1cncc(C(=O)O)c1)C1COC1. The van der Waals surface area contributed by atoms with Crippen LogP contribution in [-0.4, -0.2) is 42.4 Å². The molecule has 2 heterocycles. The van der Waals surface area contributed by atoms with Crippen LogP contribution >= 0.6 is 0 Å². The lowest BCUT2D eigenvalue weighted by atomic mass is 10.2. The number of pyridine rings is 1. The number of carboxylic acids is 1. The van der Waals surface area contributed by atoms with Crippen molar-refractivity contribution in [2.75, 3.05) is 25.2 Å². The first kappa shape index (κ1) is 9.92. The Kier molecular flexibility index (Phi) is 2.55. The summed E-state index contributed by atoms with van der Waals surface area (Å²) in [6.45, 7) is 1.38. The van der Waals surface area contributed by atoms with E-state index in [0.29, 0.717) is 19.3 Å². The molecule has 1 aromatic heterocycles. The summed E-state index contributed by atoms with van der Waals surface area (Å²) in [7, 11) is 1.91. The quantitative estimate of drug-likeness (QED) is 0.788. The van der Waals surface area contributed by atoms with Crippen molar-refractivity contribution in [2.24, 2.45) is 0 Å². The standard InChI is InChI=1S/C10H12N2O3/c1-12(9-5-15-6-9)8-2-7(10(13)14)3-11-4-8/h2-4,9H,5-6H2,1H3,(H,13,14). The maximum Gasteiger partial charge on any atom is 0.337 e. The van der Waals surface area contributed by atoms with Crippen LogP contribution in [0, 0.1) is 0 Å². The van der Waals surface area contributed by atoms with Crippen molar-refractivity contribution in [1.29, 1.82) is 0 Å². The van der Waals surface area contributed by atoms with E-state index in [9.17, 15) is 4.79 Å². The minimum atomic E-state index is -0.956. The average molecular weight is 208 g/mol. The number of aromatic nitrogens is 1. The Morgan fingerprint density at radius 3 is 2.87 bits per heavy atom. The van der Waals surface area contributed by atoms with Crippen LogP contribution in [0.25, 0.3) is 0 Å². The summed E-state index contributed by atoms with van der Waals surface area (Å²) < 4.78 is 5.08. The number of hydrogen-bond donors (Lipinski definition) is 1. The number of likely N-dealkylation sites (N-methyl/N-ethyl adjacent to an activating group) is 1. The Morgan fingerprint density at radius 1 is 1.60 bits per heavy atom. The van der Waals surface area contributed by atoms with Gasteiger partial charge >= 0.3 is 5.97 Å². The van der Waals surface area contributed by atoms with Crippen LogP contribution in [0.2, 0.25) is 0 Å². The van der Waals surface area contributed by atoms with Crippen molar-refractivity contribution in [3.05, 3.63) is 24.0 Å². The Labute approximate surface area is 87.3 Å². The van der Waals surface area contributed by atoms with E-state index in [1.807, 2.05) is 11.9 Å². The zero-order valence-electron chi connectivity index (χ0n) is 8.38. The highest BCUT2D eigenvalue weighted by Gasteiger charge is 2.23. The first-order valence-electron chi connectivity index (χ1n) is 4.67. The molecule has 1 aliphatic rings. The van der Waals surface area contributed by atoms with Gasteiger partial charge in [0.25, 0.3) is 0 Å². The van der Waals surface area contributed by atoms with Crippen molar-refractivity contribution in [3.63, 3.8) is 0 Å². The largest absolute Gasteiger partial charge is 0.478 e. The molecule has 0 radical (unpaired) electrons. The van der Waals surface area contributed by atoms with E-state index in [4.69, 9.17) is 9.84 Å². The van der Waals surface area contributed by atoms with Gasteiger partial charge in [-0.2, -0.15) is 0 Å². The zero-order valence-corrected chi connectivity index (χ0v) is 8.38. The molecule has 0 aromatic carbocycles. The molecule has 1 aromatic rings. The summed E-state index contributed by atoms with van der Waals surface area (Å²) in [5.74, 6) is -0.956. The molecule has 0 amide bonds. The number of carboxylic acid groups (broad SMARTS) is 1. The number of rotatable bonds is 3. The molecule has 1 N–H and O–H groups in total. The molecule has 2 rings (SSSR count). The highest BCUT2D eigenvalue weighted by Crippen LogP contribution is 2.19. The second kappa shape index (κ2) is 3.86. The molecule has 0 saturated carbocycles. The van der Waals surface area contributed by atoms with Crippen molar-refractivity contribution in [3.8, 4) is 0 Å². The molecule has 80 valence electrons. The molecule has 5 nitrogen and oxygen atoms in total. The molecule has 5 heteroatoms. The van der Waals surface area contributed by atoms with Gasteiger partial charge in [0.2, 0.25) is 0 Å². The Morgan fingerprint density at radius 2 is 2.33 bits per heavy atom. The smallest absolute Gasteiger partial charge is 0.337 e. The van der Waals surface area contributed by atoms with Crippen LogP contribution < -0.4 is 4.90 Å². The summed E-state index contributed by atoms with van der Waals surface area (Å²) in [6, 6.07) is 1.95. The Bertz CT molecular complexity index is 377. The molecule has 0 unspecified atom stereocenters. The Balaban J connectivity index is 2.19. The minimum absolute atomic E-state index is 0.208. The number of aromatic carboxylic acids is 1. The van der Waals surface area contributed by atoms with Gasteiger partial charge in [-0.05, 0) is 6.07 Å². The van der Waals surface area contributed by atoms with Crippen molar-refractivity contribution in [1.82, 2.24) is 4.98 Å². The summed E-state index contributed by atoms with van der Waals surface area (Å²) >= 11 is 0. The van der Waals surface area contributed by atoms with Gasteiger partial charge in [0, 0.05) is 13.2 Å². The molecular weight excluding hydrogens is 196 g/mol. The third-order valence-corrected chi connectivity index (χ3v) is 2.55. The van der Waals surface area contributed by atoms with Crippen LogP contribution in [0.5, 0.6) is 0 Å². The first-order chi connectivity index (χ1) is 7.18. The van der Waals surface area contributed by atoms with E-state index in [0.717, 1.165) is 5.69 Å². The van der Waals surface area contributed by atoms with E-state index in [1.54, 1.807) is 12.3 Å². The molecular formula is C10H12N2O3. The van der Waals surface area contributed by atoms with E-state index in [2.05, 4.69) is 4.98 Å². The maximum absolute atomic E-state index is 10.7. The van der Waals surface area contributed by atoms with Crippen molar-refractivity contribution in [2.45, 2.75) is 6.04 Å². The van der Waals surface area contributed by atoms with Crippen LogP contribution in [0.3, 0.4) is 0 Å². The summed E-state index contributed by atoms with van der Waals surface area (Å²) in [5, 5.41) is 8.82. The fraction of sp³-hybridized carbons (Fsp3) is 0.400. The Hall–Kier alpha value is -1.62. The van der Waals surface area contributed by atoms with Gasteiger partial charge in [-0.1, -0.05) is 0 Å². The number of hydrogen-bond acceptors (Lipinski definition) is 4. The summed E-state index contributed by atoms with van der Waals surface area (Å²) in [5.41, 5.74) is 1.02. The minimum Gasteiger partial charge on any atom is -0.478 e. The predicted molar refractivity (Wildman–Crippen MR) is 54.2 cm³/mol. The lowest BCUT2D eigenvalue weighted by molar-refractivity contribution is 0.0101. The highest BCUT2D eigenvalue weighted by atomic mass is 16.5. The molecule has 0 atom stereocenters. The molecule has 1 aliphatic heterocycles. The van der Waals surface area contributed by atoms with Crippen LogP contribution in [0.1, 0.15) is 10.4 Å². The van der Waals surface area contributed by atoms with Gasteiger partial charge in [0.15, 0.2) is 0 Å². The lowest BCUT2D eigenvalue weighted by Gasteiger charge is -2.35. The average Bonchev–Trinajstić information content (AvgIpc) is 2.15. The van der Waals surface area contributed by atoms with Gasteiger partial charge in [-0.25, -0.2) is 4.79 Å². The van der Waals surface area contributed by atoms with Gasteiger partial charge in [-0.3, -0.25) is 4.98 Å². The van der Waals surface area contributed by atoms with E-state index >= 15 is 0 Å². The fourth-order valence-electron chi connectivity index (χ4n) is 1.40. The second-order valence-electron chi connectivity index (χ2n) is 3.54. The van der Waals surface area contributed by atoms with Gasteiger partial charge in [0.1, 0.15) is 0 Å². The third-order valence-electron chi connectivity index (χ3n) is 2.55. The second-order valence-corrected chi connectivity index (χ2v) is 3.54. The number of carbonyl (C=O) groups is 1. The van der Waals surface area contributed by atoms with Crippen molar-refractivity contribution < 1.29 is 14.6 Å². The van der Waals surface area contributed by atoms with E-state index in [1.165, 1.54) is 6.20 Å². The molecule has 15 heavy (non-hydrogen) atoms. The fourth-order valence-corrected chi connectivity index (χ4v) is 1.40. The van der Waals surface area contributed by atoms with Gasteiger partial charge < -0.3 is 14.7 Å². The van der Waals surface area contributed by atoms with E-state index in [-0.39, 0.29) is 5.56 Å². The topological polar surface area (TPSA) is 62.7 Å². The zero-order chi connectivity index (χ0) is 10.8. The first-order valence-corrected chi connectivity index (χ1v) is 4.67. The van der Waals surface area contributed by atoms with Crippen LogP contribution in [0.4, 0.5) is 5.69 Å². The molecule has 0 aliphatic carbocycles. The van der Waals surface area contributed by atoms with E-state index < -0.39 is 5.97 Å². The van der Waals surface area contributed by atoms with Crippen LogP contribution in [-0.2, 0) is 4.74 Å². The number of nitrogens with zero attached hydrogens (tertiary/aromatic N) is 2. The summed E-state index contributed by atoms with van der Waals surface area (Å²) in [4.78, 5) is 16.6. The molecule has 1 saturated heterocycles.